The number of nitrogens with zero attached hydrogens (tertiary/aromatic N) is 1. The van der Waals surface area contributed by atoms with E-state index in [2.05, 4.69) is 0 Å². The van der Waals surface area contributed by atoms with Gasteiger partial charge in [0, 0.05) is 12.0 Å². The van der Waals surface area contributed by atoms with Crippen LogP contribution in [-0.4, -0.2) is 14.2 Å². The molecule has 0 aliphatic rings. The van der Waals surface area contributed by atoms with Crippen LogP contribution in [0.2, 0.25) is 0 Å². The fourth-order valence-corrected chi connectivity index (χ4v) is 2.38. The molecule has 0 spiro atoms. The first kappa shape index (κ1) is 11.7. The third-order valence-electron chi connectivity index (χ3n) is 1.86. The molecule has 5 heteroatoms. The minimum Gasteiger partial charge on any atom is -0.228 e. The predicted molar refractivity (Wildman–Crippen MR) is 54.1 cm³/mol. The van der Waals surface area contributed by atoms with Gasteiger partial charge in [-0.05, 0) is 6.07 Å². The van der Waals surface area contributed by atoms with E-state index in [-0.39, 0.29) is 23.5 Å². The van der Waals surface area contributed by atoms with E-state index in [9.17, 15) is 12.8 Å². The molecule has 0 unspecified atom stereocenters. The third-order valence-corrected chi connectivity index (χ3v) is 3.44. The maximum absolute atomic E-state index is 13.1. The molecule has 0 fully saturated rings. The molecule has 0 N–H and O–H groups in total. The summed E-state index contributed by atoms with van der Waals surface area (Å²) < 4.78 is 35.9. The van der Waals surface area contributed by atoms with Crippen LogP contribution in [0, 0.1) is 17.1 Å². The molecule has 0 atom stereocenters. The summed E-state index contributed by atoms with van der Waals surface area (Å²) in [5, 5.41) is 8.26. The largest absolute Gasteiger partial charge is 0.228 e. The third kappa shape index (κ3) is 3.68. The van der Waals surface area contributed by atoms with Crippen LogP contribution in [0.3, 0.4) is 0 Å². The van der Waals surface area contributed by atoms with Crippen molar-refractivity contribution in [2.24, 2.45) is 0 Å². The van der Waals surface area contributed by atoms with Crippen LogP contribution in [0.1, 0.15) is 12.0 Å². The maximum atomic E-state index is 13.1. The summed E-state index contributed by atoms with van der Waals surface area (Å²) >= 11 is 0. The van der Waals surface area contributed by atoms with Crippen LogP contribution in [0.25, 0.3) is 0 Å². The van der Waals surface area contributed by atoms with Crippen LogP contribution < -0.4 is 0 Å². The summed E-state index contributed by atoms with van der Waals surface area (Å²) in [6.07, 6.45) is -0.0587. The molecular weight excluding hydrogens is 217 g/mol. The van der Waals surface area contributed by atoms with Crippen LogP contribution in [0.4, 0.5) is 4.39 Å². The molecule has 0 aliphatic heterocycles. The first-order valence-electron chi connectivity index (χ1n) is 4.36. The highest BCUT2D eigenvalue weighted by Crippen LogP contribution is 2.11. The fourth-order valence-electron chi connectivity index (χ4n) is 1.13. The van der Waals surface area contributed by atoms with Gasteiger partial charge in [-0.3, -0.25) is 0 Å². The SMILES string of the molecule is N#CCCS(=O)(=O)Cc1ccccc1F. The summed E-state index contributed by atoms with van der Waals surface area (Å²) in [6.45, 7) is 0. The normalized spacial score (nSPS) is 10.9. The molecule has 0 aromatic heterocycles. The quantitative estimate of drug-likeness (QED) is 0.785. The minimum absolute atomic E-state index is 0.0587. The van der Waals surface area contributed by atoms with Crippen LogP contribution in [0.15, 0.2) is 24.3 Å². The van der Waals surface area contributed by atoms with Gasteiger partial charge in [0.2, 0.25) is 0 Å². The molecule has 0 heterocycles. The van der Waals surface area contributed by atoms with Gasteiger partial charge in [0.05, 0.1) is 17.6 Å². The zero-order chi connectivity index (χ0) is 11.3. The van der Waals surface area contributed by atoms with E-state index in [1.54, 1.807) is 12.1 Å². The molecular formula is C10H10FNO2S. The second-order valence-electron chi connectivity index (χ2n) is 3.09. The molecule has 0 radical (unpaired) electrons. The van der Waals surface area contributed by atoms with Crippen molar-refractivity contribution in [2.45, 2.75) is 12.2 Å². The van der Waals surface area contributed by atoms with Gasteiger partial charge < -0.3 is 0 Å². The van der Waals surface area contributed by atoms with Crippen molar-refractivity contribution in [3.8, 4) is 6.07 Å². The number of hydrogen-bond acceptors (Lipinski definition) is 3. The summed E-state index contributed by atoms with van der Waals surface area (Å²) in [6, 6.07) is 7.48. The Morgan fingerprint density at radius 1 is 1.33 bits per heavy atom. The van der Waals surface area contributed by atoms with Gasteiger partial charge in [0.15, 0.2) is 9.84 Å². The molecule has 0 bridgehead atoms. The van der Waals surface area contributed by atoms with E-state index in [1.807, 2.05) is 0 Å². The molecule has 0 amide bonds. The number of benzene rings is 1. The van der Waals surface area contributed by atoms with Crippen molar-refractivity contribution in [1.82, 2.24) is 0 Å². The highest BCUT2D eigenvalue weighted by molar-refractivity contribution is 7.90. The number of sulfone groups is 1. The Morgan fingerprint density at radius 3 is 2.60 bits per heavy atom. The Kier molecular flexibility index (Phi) is 3.81. The second-order valence-corrected chi connectivity index (χ2v) is 5.28. The summed E-state index contributed by atoms with van der Waals surface area (Å²) in [5.41, 5.74) is 0.149. The van der Waals surface area contributed by atoms with E-state index in [0.717, 1.165) is 0 Å². The number of rotatable bonds is 4. The Bertz CT molecular complexity index is 476. The molecule has 0 saturated carbocycles. The average Bonchev–Trinajstić information content (AvgIpc) is 2.18. The molecule has 1 rings (SSSR count). The maximum Gasteiger partial charge on any atom is 0.155 e. The Morgan fingerprint density at radius 2 is 2.00 bits per heavy atom. The van der Waals surface area contributed by atoms with Crippen LogP contribution in [0.5, 0.6) is 0 Å². The molecule has 15 heavy (non-hydrogen) atoms. The van der Waals surface area contributed by atoms with Gasteiger partial charge in [-0.25, -0.2) is 12.8 Å². The van der Waals surface area contributed by atoms with Gasteiger partial charge >= 0.3 is 0 Å². The molecule has 0 aliphatic carbocycles. The minimum atomic E-state index is -3.38. The number of halogens is 1. The molecule has 3 nitrogen and oxygen atoms in total. The lowest BCUT2D eigenvalue weighted by Crippen LogP contribution is -2.09. The van der Waals surface area contributed by atoms with Crippen LogP contribution in [-0.2, 0) is 15.6 Å². The number of hydrogen-bond donors (Lipinski definition) is 0. The molecule has 1 aromatic rings. The first-order valence-corrected chi connectivity index (χ1v) is 6.18. The average molecular weight is 227 g/mol. The van der Waals surface area contributed by atoms with Crippen molar-refractivity contribution in [3.05, 3.63) is 35.6 Å². The zero-order valence-electron chi connectivity index (χ0n) is 7.98. The van der Waals surface area contributed by atoms with E-state index < -0.39 is 15.7 Å². The summed E-state index contributed by atoms with van der Waals surface area (Å²) in [5.74, 6) is -1.10. The fraction of sp³-hybridized carbons (Fsp3) is 0.300. The smallest absolute Gasteiger partial charge is 0.155 e. The van der Waals surface area contributed by atoms with Crippen molar-refractivity contribution in [2.75, 3.05) is 5.75 Å². The van der Waals surface area contributed by atoms with Gasteiger partial charge in [0.1, 0.15) is 5.82 Å². The lowest BCUT2D eigenvalue weighted by molar-refractivity contribution is 0.587. The standard InChI is InChI=1S/C10H10FNO2S/c11-10-5-2-1-4-9(10)8-15(13,14)7-3-6-12/h1-2,4-5H,3,7-8H2. The summed E-state index contributed by atoms with van der Waals surface area (Å²) in [7, 11) is -3.38. The highest BCUT2D eigenvalue weighted by Gasteiger charge is 2.13. The Balaban J connectivity index is 2.79. The van der Waals surface area contributed by atoms with Gasteiger partial charge in [0.25, 0.3) is 0 Å². The van der Waals surface area contributed by atoms with Gasteiger partial charge in [-0.15, -0.1) is 0 Å². The van der Waals surface area contributed by atoms with Gasteiger partial charge in [-0.2, -0.15) is 5.26 Å². The molecule has 0 saturated heterocycles. The van der Waals surface area contributed by atoms with Crippen molar-refractivity contribution in [3.63, 3.8) is 0 Å². The topological polar surface area (TPSA) is 57.9 Å². The Hall–Kier alpha value is -1.41. The molecule has 80 valence electrons. The Labute approximate surface area is 88.1 Å². The van der Waals surface area contributed by atoms with Crippen molar-refractivity contribution < 1.29 is 12.8 Å². The zero-order valence-corrected chi connectivity index (χ0v) is 8.80. The summed E-state index contributed by atoms with van der Waals surface area (Å²) in [4.78, 5) is 0. The molecule has 1 aromatic carbocycles. The lowest BCUT2D eigenvalue weighted by Gasteiger charge is -2.03. The van der Waals surface area contributed by atoms with Crippen LogP contribution >= 0.6 is 0 Å². The van der Waals surface area contributed by atoms with E-state index in [4.69, 9.17) is 5.26 Å². The van der Waals surface area contributed by atoms with E-state index in [1.165, 1.54) is 18.2 Å². The second kappa shape index (κ2) is 4.89. The first-order chi connectivity index (χ1) is 7.05. The highest BCUT2D eigenvalue weighted by atomic mass is 32.2. The van der Waals surface area contributed by atoms with Gasteiger partial charge in [-0.1, -0.05) is 18.2 Å². The monoisotopic (exact) mass is 227 g/mol. The van der Waals surface area contributed by atoms with E-state index >= 15 is 0 Å². The predicted octanol–water partition coefficient (Wildman–Crippen LogP) is 1.65. The number of nitriles is 1. The van der Waals surface area contributed by atoms with Crippen molar-refractivity contribution in [1.29, 1.82) is 5.26 Å². The lowest BCUT2D eigenvalue weighted by atomic mass is 10.2. The van der Waals surface area contributed by atoms with Crippen molar-refractivity contribution >= 4 is 9.84 Å². The van der Waals surface area contributed by atoms with E-state index in [0.29, 0.717) is 0 Å².